The minimum Gasteiger partial charge on any atom is -0.488 e. The van der Waals surface area contributed by atoms with E-state index >= 15 is 0 Å². The highest BCUT2D eigenvalue weighted by molar-refractivity contribution is 7.17. The number of carbonyl (C=O) groups excluding carboxylic acids is 2. The van der Waals surface area contributed by atoms with Crippen molar-refractivity contribution < 1.29 is 19.1 Å². The van der Waals surface area contributed by atoms with Crippen molar-refractivity contribution in [1.82, 2.24) is 5.32 Å². The van der Waals surface area contributed by atoms with Crippen LogP contribution in [0.15, 0.2) is 30.3 Å². The summed E-state index contributed by atoms with van der Waals surface area (Å²) in [5.41, 5.74) is 2.03. The van der Waals surface area contributed by atoms with Gasteiger partial charge in [-0.05, 0) is 32.0 Å². The molecule has 0 spiro atoms. The largest absolute Gasteiger partial charge is 0.488 e. The van der Waals surface area contributed by atoms with E-state index in [0.717, 1.165) is 21.8 Å². The van der Waals surface area contributed by atoms with Crippen LogP contribution in [-0.4, -0.2) is 24.5 Å². The highest BCUT2D eigenvalue weighted by Gasteiger charge is 2.22. The lowest BCUT2D eigenvalue weighted by Gasteiger charge is -2.16. The van der Waals surface area contributed by atoms with Crippen molar-refractivity contribution in [3.05, 3.63) is 40.8 Å². The average Bonchev–Trinajstić information content (AvgIpc) is 2.98. The Kier molecular flexibility index (Phi) is 4.85. The SMILES string of the molecule is CC(C)OC(=O)CCNC(=O)c1cc2c(s1)-c1ccccc1OC2. The number of rotatable bonds is 5. The fourth-order valence-corrected chi connectivity index (χ4v) is 3.61. The molecular formula is C18H19NO4S. The van der Waals surface area contributed by atoms with Gasteiger partial charge in [0.05, 0.1) is 17.4 Å². The summed E-state index contributed by atoms with van der Waals surface area (Å²) in [5, 5.41) is 2.77. The quantitative estimate of drug-likeness (QED) is 0.844. The molecule has 2 heterocycles. The van der Waals surface area contributed by atoms with E-state index in [1.54, 1.807) is 13.8 Å². The van der Waals surface area contributed by atoms with Gasteiger partial charge in [0.15, 0.2) is 0 Å². The molecule has 1 aliphatic heterocycles. The van der Waals surface area contributed by atoms with Gasteiger partial charge in [-0.15, -0.1) is 11.3 Å². The van der Waals surface area contributed by atoms with Crippen LogP contribution in [0.5, 0.6) is 5.75 Å². The number of hydrogen-bond donors (Lipinski definition) is 1. The molecular weight excluding hydrogens is 326 g/mol. The van der Waals surface area contributed by atoms with Gasteiger partial charge in [-0.25, -0.2) is 0 Å². The summed E-state index contributed by atoms with van der Waals surface area (Å²) in [4.78, 5) is 25.5. The molecule has 6 heteroatoms. The maximum Gasteiger partial charge on any atom is 0.307 e. The van der Waals surface area contributed by atoms with Crippen LogP contribution in [0.1, 0.15) is 35.5 Å². The third-order valence-electron chi connectivity index (χ3n) is 3.53. The zero-order valence-corrected chi connectivity index (χ0v) is 14.4. The summed E-state index contributed by atoms with van der Waals surface area (Å²) in [6.45, 7) is 4.33. The first kappa shape index (κ1) is 16.5. The number of carbonyl (C=O) groups is 2. The minimum atomic E-state index is -0.307. The van der Waals surface area contributed by atoms with E-state index in [-0.39, 0.29) is 30.9 Å². The van der Waals surface area contributed by atoms with Gasteiger partial charge in [-0.1, -0.05) is 12.1 Å². The number of amides is 1. The fourth-order valence-electron chi connectivity index (χ4n) is 2.50. The van der Waals surface area contributed by atoms with E-state index in [9.17, 15) is 9.59 Å². The Balaban J connectivity index is 1.64. The van der Waals surface area contributed by atoms with Crippen molar-refractivity contribution in [2.45, 2.75) is 33.0 Å². The van der Waals surface area contributed by atoms with Gasteiger partial charge >= 0.3 is 5.97 Å². The van der Waals surface area contributed by atoms with Gasteiger partial charge < -0.3 is 14.8 Å². The minimum absolute atomic E-state index is 0.141. The van der Waals surface area contributed by atoms with Gasteiger partial charge in [0.25, 0.3) is 5.91 Å². The van der Waals surface area contributed by atoms with Gasteiger partial charge in [0.2, 0.25) is 0 Å². The third-order valence-corrected chi connectivity index (χ3v) is 4.74. The molecule has 5 nitrogen and oxygen atoms in total. The molecule has 126 valence electrons. The maximum absolute atomic E-state index is 12.3. The number of para-hydroxylation sites is 1. The summed E-state index contributed by atoms with van der Waals surface area (Å²) in [6.07, 6.45) is 0.0262. The fraction of sp³-hybridized carbons (Fsp3) is 0.333. The number of thiophene rings is 1. The Morgan fingerprint density at radius 2 is 2.12 bits per heavy atom. The summed E-state index contributed by atoms with van der Waals surface area (Å²) in [6, 6.07) is 9.67. The molecule has 3 rings (SSSR count). The lowest BCUT2D eigenvalue weighted by Crippen LogP contribution is -2.26. The van der Waals surface area contributed by atoms with Gasteiger partial charge in [-0.2, -0.15) is 0 Å². The molecule has 0 atom stereocenters. The molecule has 0 fully saturated rings. The van der Waals surface area contributed by atoms with Crippen molar-refractivity contribution in [2.75, 3.05) is 6.54 Å². The van der Waals surface area contributed by atoms with E-state index in [1.807, 2.05) is 30.3 Å². The van der Waals surface area contributed by atoms with Crippen molar-refractivity contribution in [2.24, 2.45) is 0 Å². The molecule has 0 saturated heterocycles. The van der Waals surface area contributed by atoms with Gasteiger partial charge in [0.1, 0.15) is 12.4 Å². The summed E-state index contributed by atoms with van der Waals surface area (Å²) >= 11 is 1.45. The summed E-state index contributed by atoms with van der Waals surface area (Å²) in [7, 11) is 0. The predicted octanol–water partition coefficient (Wildman–Crippen LogP) is 3.38. The number of esters is 1. The van der Waals surface area contributed by atoms with Gasteiger partial charge in [-0.3, -0.25) is 9.59 Å². The standard InChI is InChI=1S/C18H19NO4S/c1-11(2)23-16(20)7-8-19-18(21)15-9-12-10-22-14-6-4-3-5-13(14)17(12)24-15/h3-6,9,11H,7-8,10H2,1-2H3,(H,19,21). The number of hydrogen-bond acceptors (Lipinski definition) is 5. The van der Waals surface area contributed by atoms with E-state index < -0.39 is 0 Å². The summed E-state index contributed by atoms with van der Waals surface area (Å²) in [5.74, 6) is 0.359. The van der Waals surface area contributed by atoms with Crippen LogP contribution in [0.2, 0.25) is 0 Å². The second-order valence-corrected chi connectivity index (χ2v) is 6.85. The van der Waals surface area contributed by atoms with E-state index in [0.29, 0.717) is 11.5 Å². The number of benzene rings is 1. The Morgan fingerprint density at radius 1 is 1.33 bits per heavy atom. The molecule has 0 radical (unpaired) electrons. The zero-order chi connectivity index (χ0) is 17.1. The lowest BCUT2D eigenvalue weighted by molar-refractivity contribution is -0.147. The predicted molar refractivity (Wildman–Crippen MR) is 92.3 cm³/mol. The molecule has 1 aliphatic rings. The van der Waals surface area contributed by atoms with Gasteiger partial charge in [0, 0.05) is 22.5 Å². The Bertz CT molecular complexity index is 766. The molecule has 1 aromatic heterocycles. The Labute approximate surface area is 144 Å². The molecule has 1 aromatic carbocycles. The molecule has 0 aliphatic carbocycles. The van der Waals surface area contributed by atoms with Crippen LogP contribution < -0.4 is 10.1 Å². The summed E-state index contributed by atoms with van der Waals surface area (Å²) < 4.78 is 10.7. The van der Waals surface area contributed by atoms with Crippen molar-refractivity contribution in [3.63, 3.8) is 0 Å². The molecule has 24 heavy (non-hydrogen) atoms. The molecule has 0 saturated carbocycles. The van der Waals surface area contributed by atoms with E-state index in [1.165, 1.54) is 11.3 Å². The highest BCUT2D eigenvalue weighted by atomic mass is 32.1. The lowest BCUT2D eigenvalue weighted by atomic mass is 10.1. The number of fused-ring (bicyclic) bond motifs is 3. The first-order valence-electron chi connectivity index (χ1n) is 7.87. The van der Waals surface area contributed by atoms with Crippen LogP contribution >= 0.6 is 11.3 Å². The first-order chi connectivity index (χ1) is 11.5. The average molecular weight is 345 g/mol. The molecule has 2 aromatic rings. The Morgan fingerprint density at radius 3 is 2.92 bits per heavy atom. The first-order valence-corrected chi connectivity index (χ1v) is 8.69. The Hall–Kier alpha value is -2.34. The molecule has 0 bridgehead atoms. The van der Waals surface area contributed by atoms with Crippen molar-refractivity contribution in [3.8, 4) is 16.2 Å². The van der Waals surface area contributed by atoms with Crippen molar-refractivity contribution >= 4 is 23.2 Å². The topological polar surface area (TPSA) is 64.6 Å². The number of nitrogens with one attached hydrogen (secondary N) is 1. The third kappa shape index (κ3) is 3.59. The van der Waals surface area contributed by atoms with Crippen LogP contribution in [0.4, 0.5) is 0 Å². The zero-order valence-electron chi connectivity index (χ0n) is 13.6. The second kappa shape index (κ2) is 7.05. The van der Waals surface area contributed by atoms with Crippen LogP contribution in [0.25, 0.3) is 10.4 Å². The highest BCUT2D eigenvalue weighted by Crippen LogP contribution is 2.42. The molecule has 1 amide bonds. The van der Waals surface area contributed by atoms with E-state index in [4.69, 9.17) is 9.47 Å². The van der Waals surface area contributed by atoms with Crippen LogP contribution in [0, 0.1) is 0 Å². The van der Waals surface area contributed by atoms with Crippen LogP contribution in [0.3, 0.4) is 0 Å². The monoisotopic (exact) mass is 345 g/mol. The van der Waals surface area contributed by atoms with Crippen LogP contribution in [-0.2, 0) is 16.1 Å². The van der Waals surface area contributed by atoms with Crippen molar-refractivity contribution in [1.29, 1.82) is 0 Å². The normalized spacial score (nSPS) is 12.1. The second-order valence-electron chi connectivity index (χ2n) is 5.79. The smallest absolute Gasteiger partial charge is 0.307 e. The van der Waals surface area contributed by atoms with E-state index in [2.05, 4.69) is 5.32 Å². The number of ether oxygens (including phenoxy) is 2. The maximum atomic E-state index is 12.3. The molecule has 1 N–H and O–H groups in total. The molecule has 0 unspecified atom stereocenters.